The average Bonchev–Trinajstić information content (AvgIpc) is 3.28. The summed E-state index contributed by atoms with van der Waals surface area (Å²) in [7, 11) is 2.09. The molecule has 2 aromatic carbocycles. The Kier molecular flexibility index (Phi) is 8.19. The Balaban J connectivity index is 1.60. The lowest BCUT2D eigenvalue weighted by molar-refractivity contribution is -0.134. The molecule has 3 N–H and O–H groups in total. The van der Waals surface area contributed by atoms with Crippen molar-refractivity contribution in [2.45, 2.75) is 63.1 Å². The topological polar surface area (TPSA) is 94.1 Å². The number of carbonyl (C=O) groups is 2. The van der Waals surface area contributed by atoms with Crippen molar-refractivity contribution in [3.8, 4) is 11.5 Å². The fourth-order valence-electron chi connectivity index (χ4n) is 6.01. The number of ether oxygens (including phenoxy) is 1. The second kappa shape index (κ2) is 11.7. The Morgan fingerprint density at radius 3 is 2.47 bits per heavy atom. The van der Waals surface area contributed by atoms with Crippen LogP contribution in [0.5, 0.6) is 11.5 Å². The van der Waals surface area contributed by atoms with E-state index in [2.05, 4.69) is 35.6 Å². The van der Waals surface area contributed by atoms with Gasteiger partial charge in [-0.2, -0.15) is 0 Å². The number of phenols is 1. The summed E-state index contributed by atoms with van der Waals surface area (Å²) in [5.41, 5.74) is 2.77. The molecule has 8 heteroatoms. The maximum absolute atomic E-state index is 14.3. The first-order chi connectivity index (χ1) is 18.4. The van der Waals surface area contributed by atoms with Crippen LogP contribution in [0.25, 0.3) is 0 Å². The van der Waals surface area contributed by atoms with Crippen LogP contribution < -0.4 is 15.4 Å². The van der Waals surface area contributed by atoms with E-state index >= 15 is 0 Å². The monoisotopic (exact) mass is 520 g/mol. The van der Waals surface area contributed by atoms with Gasteiger partial charge >= 0.3 is 0 Å². The number of nitrogens with one attached hydrogen (secondary N) is 2. The number of fused-ring (bicyclic) bond motifs is 1. The predicted molar refractivity (Wildman–Crippen MR) is 146 cm³/mol. The van der Waals surface area contributed by atoms with Crippen LogP contribution in [0.2, 0.25) is 0 Å². The van der Waals surface area contributed by atoms with Gasteiger partial charge in [-0.15, -0.1) is 0 Å². The molecule has 5 rings (SSSR count). The molecule has 2 amide bonds. The predicted octanol–water partition coefficient (Wildman–Crippen LogP) is 3.48. The molecular weight excluding hydrogens is 480 g/mol. The molecule has 8 nitrogen and oxygen atoms in total. The normalized spacial score (nSPS) is 27.6. The molecule has 204 valence electrons. The maximum Gasteiger partial charge on any atom is 0.234 e. The molecule has 4 unspecified atom stereocenters. The number of nitrogens with zero attached hydrogens (tertiary/aromatic N) is 2. The zero-order valence-electron chi connectivity index (χ0n) is 22.5. The fraction of sp³-hybridized carbons (Fsp3) is 0.533. The zero-order valence-corrected chi connectivity index (χ0v) is 22.5. The third kappa shape index (κ3) is 5.81. The van der Waals surface area contributed by atoms with Gasteiger partial charge < -0.3 is 25.4 Å². The Morgan fingerprint density at radius 2 is 1.68 bits per heavy atom. The summed E-state index contributed by atoms with van der Waals surface area (Å²) >= 11 is 0. The molecule has 3 aliphatic rings. The van der Waals surface area contributed by atoms with Crippen molar-refractivity contribution < 1.29 is 19.4 Å². The third-order valence-corrected chi connectivity index (χ3v) is 8.19. The quantitative estimate of drug-likeness (QED) is 0.533. The zero-order chi connectivity index (χ0) is 26.6. The molecule has 0 spiro atoms. The minimum absolute atomic E-state index is 0.0357. The number of hydrogen-bond acceptors (Lipinski definition) is 6. The van der Waals surface area contributed by atoms with E-state index in [1.54, 1.807) is 12.1 Å². The number of benzene rings is 2. The molecule has 0 aliphatic carbocycles. The van der Waals surface area contributed by atoms with Crippen LogP contribution in [0.15, 0.2) is 42.5 Å². The summed E-state index contributed by atoms with van der Waals surface area (Å²) in [4.78, 5) is 31.5. The Bertz CT molecular complexity index is 1140. The molecule has 38 heavy (non-hydrogen) atoms. The largest absolute Gasteiger partial charge is 0.508 e. The van der Waals surface area contributed by atoms with Gasteiger partial charge in [0.15, 0.2) is 0 Å². The van der Waals surface area contributed by atoms with Gasteiger partial charge in [-0.05, 0) is 88.1 Å². The summed E-state index contributed by atoms with van der Waals surface area (Å²) < 4.78 is 6.45. The van der Waals surface area contributed by atoms with Crippen LogP contribution in [-0.4, -0.2) is 72.5 Å². The molecule has 3 heterocycles. The van der Waals surface area contributed by atoms with Crippen molar-refractivity contribution in [2.75, 3.05) is 39.8 Å². The Hall–Kier alpha value is -3.10. The molecular formula is C30H40N4O4. The summed E-state index contributed by atoms with van der Waals surface area (Å²) in [6, 6.07) is 13.3. The molecule has 0 aromatic heterocycles. The lowest BCUT2D eigenvalue weighted by Crippen LogP contribution is -2.40. The van der Waals surface area contributed by atoms with Gasteiger partial charge in [-0.1, -0.05) is 18.2 Å². The van der Waals surface area contributed by atoms with Crippen LogP contribution in [0.4, 0.5) is 0 Å². The molecule has 3 aliphatic heterocycles. The summed E-state index contributed by atoms with van der Waals surface area (Å²) in [5, 5.41) is 16.6. The van der Waals surface area contributed by atoms with E-state index in [0.29, 0.717) is 44.3 Å². The van der Waals surface area contributed by atoms with Gasteiger partial charge in [0.1, 0.15) is 23.5 Å². The first-order valence-corrected chi connectivity index (χ1v) is 14.0. The van der Waals surface area contributed by atoms with Gasteiger partial charge in [-0.25, -0.2) is 0 Å². The highest BCUT2D eigenvalue weighted by molar-refractivity contribution is 5.87. The van der Waals surface area contributed by atoms with E-state index in [1.165, 1.54) is 0 Å². The van der Waals surface area contributed by atoms with Gasteiger partial charge in [0.25, 0.3) is 0 Å². The van der Waals surface area contributed by atoms with E-state index < -0.39 is 12.0 Å². The van der Waals surface area contributed by atoms with E-state index in [0.717, 1.165) is 49.0 Å². The lowest BCUT2D eigenvalue weighted by Gasteiger charge is -2.30. The van der Waals surface area contributed by atoms with Crippen LogP contribution in [0.1, 0.15) is 73.8 Å². The molecule has 0 radical (unpaired) electrons. The highest BCUT2D eigenvalue weighted by Gasteiger charge is 2.43. The second-order valence-corrected chi connectivity index (χ2v) is 11.0. The molecule has 0 saturated carbocycles. The first kappa shape index (κ1) is 26.5. The third-order valence-electron chi connectivity index (χ3n) is 8.19. The van der Waals surface area contributed by atoms with Crippen molar-refractivity contribution in [1.82, 2.24) is 20.4 Å². The van der Waals surface area contributed by atoms with Gasteiger partial charge in [-0.3, -0.25) is 14.5 Å². The van der Waals surface area contributed by atoms with E-state index in [4.69, 9.17) is 4.74 Å². The van der Waals surface area contributed by atoms with Gasteiger partial charge in [0.2, 0.25) is 11.8 Å². The highest BCUT2D eigenvalue weighted by Crippen LogP contribution is 2.48. The number of aromatic hydroxyl groups is 1. The Morgan fingerprint density at radius 1 is 0.947 bits per heavy atom. The van der Waals surface area contributed by atoms with Gasteiger partial charge in [0.05, 0.1) is 0 Å². The van der Waals surface area contributed by atoms with E-state index in [9.17, 15) is 14.7 Å². The van der Waals surface area contributed by atoms with Crippen LogP contribution in [0.3, 0.4) is 0 Å². The van der Waals surface area contributed by atoms with Crippen molar-refractivity contribution in [3.63, 3.8) is 0 Å². The number of amides is 2. The van der Waals surface area contributed by atoms with Crippen LogP contribution in [-0.2, 0) is 9.59 Å². The summed E-state index contributed by atoms with van der Waals surface area (Å²) in [6.45, 7) is 5.71. The van der Waals surface area contributed by atoms with Crippen molar-refractivity contribution in [3.05, 3.63) is 59.2 Å². The highest BCUT2D eigenvalue weighted by atomic mass is 16.5. The average molecular weight is 521 g/mol. The van der Waals surface area contributed by atoms with Gasteiger partial charge in [0, 0.05) is 43.7 Å². The smallest absolute Gasteiger partial charge is 0.234 e. The minimum Gasteiger partial charge on any atom is -0.508 e. The van der Waals surface area contributed by atoms with Crippen LogP contribution in [0, 0.1) is 0 Å². The van der Waals surface area contributed by atoms with Crippen molar-refractivity contribution in [2.24, 2.45) is 0 Å². The standard InChI is InChI=1S/C30H40N4O4/c1-20-6-3-15-33(2)25-19-27(36)32-14-5-17-34(16-4-13-31-20)30(37)28-24-18-22(25)9-12-26(24)38-29(28)21-7-10-23(35)11-8-21/h7-12,18,20,25,28-29,31,35H,3-6,13-17,19H2,1-2H3,(H,32,36). The molecule has 2 aromatic rings. The Labute approximate surface area is 225 Å². The molecule has 4 atom stereocenters. The molecule has 0 saturated heterocycles. The first-order valence-electron chi connectivity index (χ1n) is 14.0. The van der Waals surface area contributed by atoms with Crippen LogP contribution >= 0.6 is 0 Å². The van der Waals surface area contributed by atoms with E-state index in [1.807, 2.05) is 29.2 Å². The molecule has 4 bridgehead atoms. The van der Waals surface area contributed by atoms with Crippen molar-refractivity contribution in [1.29, 1.82) is 0 Å². The maximum atomic E-state index is 14.3. The molecule has 0 fully saturated rings. The number of phenolic OH excluding ortho intramolecular Hbond substituents is 1. The number of hydrogen-bond donors (Lipinski definition) is 3. The summed E-state index contributed by atoms with van der Waals surface area (Å²) in [6.07, 6.45) is 3.54. The second-order valence-electron chi connectivity index (χ2n) is 11.0. The minimum atomic E-state index is -0.496. The lowest BCUT2D eigenvalue weighted by atomic mass is 9.87. The SMILES string of the molecule is CC1CCCN(C)C2CC(=O)NCCCN(CCCN1)C(=O)C1c3cc2ccc3OC1c1ccc(O)cc1. The fourth-order valence-corrected chi connectivity index (χ4v) is 6.01. The van der Waals surface area contributed by atoms with E-state index in [-0.39, 0.29) is 23.6 Å². The van der Waals surface area contributed by atoms with Crippen molar-refractivity contribution >= 4 is 11.8 Å². The summed E-state index contributed by atoms with van der Waals surface area (Å²) in [5.74, 6) is 0.482. The number of rotatable bonds is 1. The number of carbonyl (C=O) groups excluding carboxylic acids is 2.